The standard InChI is InChI=1S/C16H24N2OS/c1-11(2)10-18-15-6-5-13(19-12(3)4)9-14(15)17-16(18)7-8-20/h5-6,9,11-12,20H,7-8,10H2,1-4H3. The fraction of sp³-hybridized carbons (Fsp3) is 0.562. The van der Waals surface area contributed by atoms with Crippen molar-refractivity contribution in [3.63, 3.8) is 0 Å². The average Bonchev–Trinajstić information content (AvgIpc) is 2.66. The molecule has 1 heterocycles. The summed E-state index contributed by atoms with van der Waals surface area (Å²) in [5.41, 5.74) is 2.20. The molecular weight excluding hydrogens is 268 g/mol. The van der Waals surface area contributed by atoms with Crippen molar-refractivity contribution in [1.29, 1.82) is 0 Å². The van der Waals surface area contributed by atoms with Gasteiger partial charge in [0.15, 0.2) is 0 Å². The Balaban J connectivity index is 2.44. The first-order valence-corrected chi connectivity index (χ1v) is 7.91. The molecule has 20 heavy (non-hydrogen) atoms. The van der Waals surface area contributed by atoms with Crippen molar-refractivity contribution in [3.8, 4) is 5.75 Å². The Morgan fingerprint density at radius 3 is 2.60 bits per heavy atom. The smallest absolute Gasteiger partial charge is 0.121 e. The number of ether oxygens (including phenoxy) is 1. The van der Waals surface area contributed by atoms with E-state index in [2.05, 4.69) is 37.1 Å². The Kier molecular flexibility index (Phi) is 4.97. The van der Waals surface area contributed by atoms with E-state index in [-0.39, 0.29) is 6.10 Å². The molecule has 0 atom stereocenters. The Bertz CT molecular complexity index is 575. The van der Waals surface area contributed by atoms with Crippen LogP contribution in [0.4, 0.5) is 0 Å². The lowest BCUT2D eigenvalue weighted by Crippen LogP contribution is -2.09. The van der Waals surface area contributed by atoms with E-state index in [4.69, 9.17) is 9.72 Å². The summed E-state index contributed by atoms with van der Waals surface area (Å²) in [5, 5.41) is 0. The van der Waals surface area contributed by atoms with Gasteiger partial charge in [-0.25, -0.2) is 4.98 Å². The second kappa shape index (κ2) is 6.53. The van der Waals surface area contributed by atoms with Gasteiger partial charge >= 0.3 is 0 Å². The molecule has 0 aliphatic rings. The molecule has 0 amide bonds. The van der Waals surface area contributed by atoms with Gasteiger partial charge in [0, 0.05) is 19.0 Å². The molecule has 2 aromatic rings. The van der Waals surface area contributed by atoms with Gasteiger partial charge in [0.2, 0.25) is 0 Å². The lowest BCUT2D eigenvalue weighted by Gasteiger charge is -2.12. The van der Waals surface area contributed by atoms with E-state index in [0.29, 0.717) is 5.92 Å². The summed E-state index contributed by atoms with van der Waals surface area (Å²) in [7, 11) is 0. The van der Waals surface area contributed by atoms with Crippen LogP contribution in [0.1, 0.15) is 33.5 Å². The van der Waals surface area contributed by atoms with Crippen molar-refractivity contribution in [3.05, 3.63) is 24.0 Å². The molecule has 1 aromatic carbocycles. The molecule has 0 radical (unpaired) electrons. The van der Waals surface area contributed by atoms with Gasteiger partial charge in [0.05, 0.1) is 17.1 Å². The number of benzene rings is 1. The van der Waals surface area contributed by atoms with Crippen LogP contribution in [0.25, 0.3) is 11.0 Å². The molecule has 0 N–H and O–H groups in total. The summed E-state index contributed by atoms with van der Waals surface area (Å²) < 4.78 is 8.06. The van der Waals surface area contributed by atoms with Crippen LogP contribution < -0.4 is 4.74 Å². The predicted octanol–water partition coefficient (Wildman–Crippen LogP) is 3.95. The van der Waals surface area contributed by atoms with Gasteiger partial charge in [-0.2, -0.15) is 12.6 Å². The highest BCUT2D eigenvalue weighted by atomic mass is 32.1. The van der Waals surface area contributed by atoms with Crippen molar-refractivity contribution in [2.75, 3.05) is 5.75 Å². The van der Waals surface area contributed by atoms with Crippen LogP contribution in [0.5, 0.6) is 5.75 Å². The third kappa shape index (κ3) is 3.48. The van der Waals surface area contributed by atoms with Gasteiger partial charge in [0.1, 0.15) is 11.6 Å². The maximum atomic E-state index is 5.75. The number of rotatable bonds is 6. The van der Waals surface area contributed by atoms with Crippen LogP contribution in [0.2, 0.25) is 0 Å². The maximum Gasteiger partial charge on any atom is 0.121 e. The molecule has 0 aliphatic heterocycles. The fourth-order valence-electron chi connectivity index (χ4n) is 2.36. The minimum atomic E-state index is 0.183. The molecule has 0 spiro atoms. The molecule has 0 fully saturated rings. The summed E-state index contributed by atoms with van der Waals surface area (Å²) >= 11 is 4.34. The number of imidazole rings is 1. The summed E-state index contributed by atoms with van der Waals surface area (Å²) in [4.78, 5) is 4.76. The molecule has 3 nitrogen and oxygen atoms in total. The minimum absolute atomic E-state index is 0.183. The van der Waals surface area contributed by atoms with Crippen LogP contribution in [0, 0.1) is 5.92 Å². The van der Waals surface area contributed by atoms with E-state index < -0.39 is 0 Å². The highest BCUT2D eigenvalue weighted by Gasteiger charge is 2.12. The van der Waals surface area contributed by atoms with E-state index >= 15 is 0 Å². The SMILES string of the molecule is CC(C)Cn1c(CCS)nc2cc(OC(C)C)ccc21. The van der Waals surface area contributed by atoms with Crippen LogP contribution >= 0.6 is 12.6 Å². The first-order chi connectivity index (χ1) is 9.51. The topological polar surface area (TPSA) is 27.1 Å². The molecule has 110 valence electrons. The minimum Gasteiger partial charge on any atom is -0.491 e. The van der Waals surface area contributed by atoms with Crippen molar-refractivity contribution < 1.29 is 4.74 Å². The van der Waals surface area contributed by atoms with Crippen molar-refractivity contribution in [2.45, 2.75) is 46.8 Å². The zero-order valence-corrected chi connectivity index (χ0v) is 13.7. The van der Waals surface area contributed by atoms with Gasteiger partial charge < -0.3 is 9.30 Å². The molecule has 4 heteroatoms. The normalized spacial score (nSPS) is 11.8. The van der Waals surface area contributed by atoms with E-state index in [1.54, 1.807) is 0 Å². The second-order valence-electron chi connectivity index (χ2n) is 5.82. The molecule has 0 aliphatic carbocycles. The zero-order valence-electron chi connectivity index (χ0n) is 12.8. The average molecular weight is 292 g/mol. The number of fused-ring (bicyclic) bond motifs is 1. The summed E-state index contributed by atoms with van der Waals surface area (Å²) in [6, 6.07) is 6.18. The zero-order chi connectivity index (χ0) is 14.7. The Morgan fingerprint density at radius 2 is 2.00 bits per heavy atom. The number of nitrogens with zero attached hydrogens (tertiary/aromatic N) is 2. The summed E-state index contributed by atoms with van der Waals surface area (Å²) in [6.45, 7) is 9.52. The van der Waals surface area contributed by atoms with Gasteiger partial charge in [-0.1, -0.05) is 13.8 Å². The molecule has 0 saturated carbocycles. The van der Waals surface area contributed by atoms with Crippen molar-refractivity contribution in [1.82, 2.24) is 9.55 Å². The van der Waals surface area contributed by atoms with E-state index in [9.17, 15) is 0 Å². The number of aryl methyl sites for hydroxylation is 1. The maximum absolute atomic E-state index is 5.75. The Hall–Kier alpha value is -1.16. The van der Waals surface area contributed by atoms with Crippen LogP contribution in [0.3, 0.4) is 0 Å². The number of thiol groups is 1. The monoisotopic (exact) mass is 292 g/mol. The predicted molar refractivity (Wildman–Crippen MR) is 87.9 cm³/mol. The molecule has 0 saturated heterocycles. The lowest BCUT2D eigenvalue weighted by molar-refractivity contribution is 0.242. The number of hydrogen-bond acceptors (Lipinski definition) is 3. The summed E-state index contributed by atoms with van der Waals surface area (Å²) in [6.07, 6.45) is 1.08. The summed E-state index contributed by atoms with van der Waals surface area (Å²) in [5.74, 6) is 3.42. The van der Waals surface area contributed by atoms with Crippen molar-refractivity contribution >= 4 is 23.7 Å². The van der Waals surface area contributed by atoms with Crippen LogP contribution in [-0.4, -0.2) is 21.4 Å². The molecule has 1 aromatic heterocycles. The van der Waals surface area contributed by atoms with Gasteiger partial charge in [0.25, 0.3) is 0 Å². The van der Waals surface area contributed by atoms with Gasteiger partial charge in [-0.05, 0) is 37.7 Å². The third-order valence-electron chi connectivity index (χ3n) is 3.05. The second-order valence-corrected chi connectivity index (χ2v) is 6.27. The molecule has 0 bridgehead atoms. The highest BCUT2D eigenvalue weighted by molar-refractivity contribution is 7.80. The quantitative estimate of drug-likeness (QED) is 0.816. The lowest BCUT2D eigenvalue weighted by atomic mass is 10.2. The molecular formula is C16H24N2OS. The highest BCUT2D eigenvalue weighted by Crippen LogP contribution is 2.24. The molecule has 0 unspecified atom stereocenters. The Labute approximate surface area is 126 Å². The van der Waals surface area contributed by atoms with E-state index in [0.717, 1.165) is 35.8 Å². The largest absolute Gasteiger partial charge is 0.491 e. The first kappa shape index (κ1) is 15.2. The third-order valence-corrected chi connectivity index (χ3v) is 3.28. The van der Waals surface area contributed by atoms with Crippen LogP contribution in [0.15, 0.2) is 18.2 Å². The number of aromatic nitrogens is 2. The van der Waals surface area contributed by atoms with E-state index in [1.165, 1.54) is 5.52 Å². The Morgan fingerprint density at radius 1 is 1.25 bits per heavy atom. The number of hydrogen-bond donors (Lipinski definition) is 1. The van der Waals surface area contributed by atoms with Crippen LogP contribution in [-0.2, 0) is 13.0 Å². The van der Waals surface area contributed by atoms with E-state index in [1.807, 2.05) is 26.0 Å². The first-order valence-electron chi connectivity index (χ1n) is 7.28. The van der Waals surface area contributed by atoms with Gasteiger partial charge in [-0.3, -0.25) is 0 Å². The molecule has 2 rings (SSSR count). The van der Waals surface area contributed by atoms with Gasteiger partial charge in [-0.15, -0.1) is 0 Å². The fourth-order valence-corrected chi connectivity index (χ4v) is 2.56. The van der Waals surface area contributed by atoms with Crippen molar-refractivity contribution in [2.24, 2.45) is 5.92 Å².